The van der Waals surface area contributed by atoms with Gasteiger partial charge in [0.1, 0.15) is 0 Å². The van der Waals surface area contributed by atoms with Crippen LogP contribution in [-0.2, 0) is 6.54 Å². The van der Waals surface area contributed by atoms with Gasteiger partial charge in [-0.1, -0.05) is 47.5 Å². The van der Waals surface area contributed by atoms with Crippen LogP contribution < -0.4 is 11.1 Å². The number of anilines is 1. The van der Waals surface area contributed by atoms with E-state index in [1.54, 1.807) is 18.2 Å². The van der Waals surface area contributed by atoms with E-state index in [-0.39, 0.29) is 5.91 Å². The summed E-state index contributed by atoms with van der Waals surface area (Å²) in [6.45, 7) is 2.48. The van der Waals surface area contributed by atoms with Crippen molar-refractivity contribution in [3.8, 4) is 0 Å². The summed E-state index contributed by atoms with van der Waals surface area (Å²) in [5.74, 6) is -0.223. The van der Waals surface area contributed by atoms with Crippen LogP contribution >= 0.6 is 11.6 Å². The Bertz CT molecular complexity index is 611. The fraction of sp³-hybridized carbons (Fsp3) is 0.133. The molecular formula is C15H15ClN2O. The molecule has 0 saturated carbocycles. The number of nitrogens with one attached hydrogen (secondary N) is 1. The van der Waals surface area contributed by atoms with Crippen molar-refractivity contribution < 1.29 is 4.79 Å². The van der Waals surface area contributed by atoms with Gasteiger partial charge >= 0.3 is 0 Å². The van der Waals surface area contributed by atoms with Gasteiger partial charge in [-0.05, 0) is 24.6 Å². The fourth-order valence-corrected chi connectivity index (χ4v) is 2.04. The number of aryl methyl sites for hydroxylation is 1. The van der Waals surface area contributed by atoms with Gasteiger partial charge in [-0.2, -0.15) is 0 Å². The predicted molar refractivity (Wildman–Crippen MR) is 78.2 cm³/mol. The van der Waals surface area contributed by atoms with Crippen LogP contribution in [-0.4, -0.2) is 5.91 Å². The molecule has 0 fully saturated rings. The van der Waals surface area contributed by atoms with E-state index in [0.29, 0.717) is 22.8 Å². The van der Waals surface area contributed by atoms with E-state index in [4.69, 9.17) is 17.3 Å². The Morgan fingerprint density at radius 3 is 2.74 bits per heavy atom. The highest BCUT2D eigenvalue weighted by Crippen LogP contribution is 2.22. The van der Waals surface area contributed by atoms with Crippen molar-refractivity contribution in [3.63, 3.8) is 0 Å². The smallest absolute Gasteiger partial charge is 0.253 e. The number of benzene rings is 2. The summed E-state index contributed by atoms with van der Waals surface area (Å²) < 4.78 is 0. The summed E-state index contributed by atoms with van der Waals surface area (Å²) in [5, 5.41) is 3.13. The first kappa shape index (κ1) is 13.4. The number of halogens is 1. The zero-order valence-electron chi connectivity index (χ0n) is 10.6. The van der Waals surface area contributed by atoms with Crippen molar-refractivity contribution in [2.45, 2.75) is 13.5 Å². The van der Waals surface area contributed by atoms with E-state index >= 15 is 0 Å². The molecule has 0 aliphatic rings. The molecule has 0 atom stereocenters. The standard InChI is InChI=1S/C15H15ClN2O/c1-10-4-2-5-11(8-10)9-18-15(19)12-6-3-7-13(17)14(12)16/h2-8H,9,17H2,1H3,(H,18,19). The molecule has 98 valence electrons. The second kappa shape index (κ2) is 5.76. The fourth-order valence-electron chi connectivity index (χ4n) is 1.82. The van der Waals surface area contributed by atoms with E-state index in [1.165, 1.54) is 0 Å². The van der Waals surface area contributed by atoms with Gasteiger partial charge in [0.05, 0.1) is 16.3 Å². The van der Waals surface area contributed by atoms with Gasteiger partial charge in [0.15, 0.2) is 0 Å². The first-order valence-corrected chi connectivity index (χ1v) is 6.33. The Morgan fingerprint density at radius 1 is 1.26 bits per heavy atom. The van der Waals surface area contributed by atoms with Crippen LogP contribution in [0.3, 0.4) is 0 Å². The highest BCUT2D eigenvalue weighted by molar-refractivity contribution is 6.36. The summed E-state index contributed by atoms with van der Waals surface area (Å²) in [7, 11) is 0. The molecule has 0 spiro atoms. The minimum Gasteiger partial charge on any atom is -0.398 e. The van der Waals surface area contributed by atoms with Crippen molar-refractivity contribution in [1.82, 2.24) is 5.32 Å². The molecule has 3 nitrogen and oxygen atoms in total. The van der Waals surface area contributed by atoms with Crippen LogP contribution in [0.4, 0.5) is 5.69 Å². The summed E-state index contributed by atoms with van der Waals surface area (Å²) >= 11 is 6.01. The zero-order valence-corrected chi connectivity index (χ0v) is 11.4. The molecule has 3 N–H and O–H groups in total. The number of rotatable bonds is 3. The van der Waals surface area contributed by atoms with Crippen molar-refractivity contribution in [1.29, 1.82) is 0 Å². The average Bonchev–Trinajstić information content (AvgIpc) is 2.39. The van der Waals surface area contributed by atoms with E-state index < -0.39 is 0 Å². The average molecular weight is 275 g/mol. The Labute approximate surface area is 117 Å². The summed E-state index contributed by atoms with van der Waals surface area (Å²) in [6, 6.07) is 13.0. The van der Waals surface area contributed by atoms with Gasteiger partial charge in [0.2, 0.25) is 0 Å². The Kier molecular flexibility index (Phi) is 4.07. The molecule has 2 aromatic rings. The quantitative estimate of drug-likeness (QED) is 0.845. The van der Waals surface area contributed by atoms with Crippen molar-refractivity contribution in [3.05, 3.63) is 64.2 Å². The zero-order chi connectivity index (χ0) is 13.8. The monoisotopic (exact) mass is 274 g/mol. The van der Waals surface area contributed by atoms with E-state index in [1.807, 2.05) is 31.2 Å². The first-order valence-electron chi connectivity index (χ1n) is 5.95. The number of carbonyl (C=O) groups excluding carboxylic acids is 1. The lowest BCUT2D eigenvalue weighted by atomic mass is 10.1. The molecule has 0 aliphatic heterocycles. The van der Waals surface area contributed by atoms with Gasteiger partial charge in [-0.15, -0.1) is 0 Å². The molecule has 0 saturated heterocycles. The maximum Gasteiger partial charge on any atom is 0.253 e. The highest BCUT2D eigenvalue weighted by atomic mass is 35.5. The van der Waals surface area contributed by atoms with Crippen LogP contribution in [0.2, 0.25) is 5.02 Å². The van der Waals surface area contributed by atoms with Crippen LogP contribution in [0.15, 0.2) is 42.5 Å². The van der Waals surface area contributed by atoms with Gasteiger partial charge in [0.25, 0.3) is 5.91 Å². The number of amides is 1. The Hall–Kier alpha value is -2.00. The molecular weight excluding hydrogens is 260 g/mol. The minimum absolute atomic E-state index is 0.223. The van der Waals surface area contributed by atoms with Crippen molar-refractivity contribution in [2.24, 2.45) is 0 Å². The molecule has 0 aromatic heterocycles. The second-order valence-electron chi connectivity index (χ2n) is 4.38. The second-order valence-corrected chi connectivity index (χ2v) is 4.76. The first-order chi connectivity index (χ1) is 9.08. The minimum atomic E-state index is -0.223. The highest BCUT2D eigenvalue weighted by Gasteiger charge is 2.11. The van der Waals surface area contributed by atoms with E-state index in [0.717, 1.165) is 11.1 Å². The SMILES string of the molecule is Cc1cccc(CNC(=O)c2cccc(N)c2Cl)c1. The van der Waals surface area contributed by atoms with Crippen LogP contribution in [0.5, 0.6) is 0 Å². The van der Waals surface area contributed by atoms with Crippen LogP contribution in [0.1, 0.15) is 21.5 Å². The number of carbonyl (C=O) groups is 1. The molecule has 0 aliphatic carbocycles. The number of nitrogens with two attached hydrogens (primary N) is 1. The summed E-state index contributed by atoms with van der Waals surface area (Å²) in [4.78, 5) is 12.0. The molecule has 0 bridgehead atoms. The van der Waals surface area contributed by atoms with Crippen molar-refractivity contribution >= 4 is 23.2 Å². The molecule has 0 unspecified atom stereocenters. The molecule has 2 aromatic carbocycles. The third-order valence-electron chi connectivity index (χ3n) is 2.81. The lowest BCUT2D eigenvalue weighted by molar-refractivity contribution is 0.0951. The van der Waals surface area contributed by atoms with Gasteiger partial charge in [-0.25, -0.2) is 0 Å². The Balaban J connectivity index is 2.08. The van der Waals surface area contributed by atoms with E-state index in [9.17, 15) is 4.79 Å². The third-order valence-corrected chi connectivity index (χ3v) is 3.23. The molecule has 0 heterocycles. The summed E-state index contributed by atoms with van der Waals surface area (Å²) in [5.41, 5.74) is 8.69. The lowest BCUT2D eigenvalue weighted by Gasteiger charge is -2.08. The maximum absolute atomic E-state index is 12.0. The third kappa shape index (κ3) is 3.26. The molecule has 19 heavy (non-hydrogen) atoms. The largest absolute Gasteiger partial charge is 0.398 e. The molecule has 4 heteroatoms. The maximum atomic E-state index is 12.0. The number of nitrogen functional groups attached to an aromatic ring is 1. The molecule has 0 radical (unpaired) electrons. The van der Waals surface area contributed by atoms with Gasteiger partial charge < -0.3 is 11.1 Å². The number of hydrogen-bond donors (Lipinski definition) is 2. The number of hydrogen-bond acceptors (Lipinski definition) is 2. The molecule has 2 rings (SSSR count). The normalized spacial score (nSPS) is 10.2. The summed E-state index contributed by atoms with van der Waals surface area (Å²) in [6.07, 6.45) is 0. The van der Waals surface area contributed by atoms with Gasteiger partial charge in [0, 0.05) is 6.54 Å². The Morgan fingerprint density at radius 2 is 2.00 bits per heavy atom. The topological polar surface area (TPSA) is 55.1 Å². The predicted octanol–water partition coefficient (Wildman–Crippen LogP) is 3.16. The van der Waals surface area contributed by atoms with E-state index in [2.05, 4.69) is 5.32 Å². The van der Waals surface area contributed by atoms with Gasteiger partial charge in [-0.3, -0.25) is 4.79 Å². The van der Waals surface area contributed by atoms with Crippen molar-refractivity contribution in [2.75, 3.05) is 5.73 Å². The van der Waals surface area contributed by atoms with Crippen LogP contribution in [0.25, 0.3) is 0 Å². The molecule has 1 amide bonds. The van der Waals surface area contributed by atoms with Crippen LogP contribution in [0, 0.1) is 6.92 Å². The lowest BCUT2D eigenvalue weighted by Crippen LogP contribution is -2.23.